The smallest absolute Gasteiger partial charge is 0.307 e. The van der Waals surface area contributed by atoms with Gasteiger partial charge in [-0.1, -0.05) is 50.0 Å². The van der Waals surface area contributed by atoms with E-state index in [0.29, 0.717) is 16.0 Å². The molecule has 0 saturated heterocycles. The topological polar surface area (TPSA) is 37.3 Å². The van der Waals surface area contributed by atoms with Crippen LogP contribution in [0.1, 0.15) is 51.5 Å². The third-order valence-electron chi connectivity index (χ3n) is 4.76. The fourth-order valence-corrected chi connectivity index (χ4v) is 3.67. The van der Waals surface area contributed by atoms with Crippen LogP contribution in [0, 0.1) is 17.3 Å². The van der Waals surface area contributed by atoms with Crippen molar-refractivity contribution in [1.29, 1.82) is 0 Å². The maximum atomic E-state index is 11.6. The number of carboxylic acids is 1. The van der Waals surface area contributed by atoms with Crippen LogP contribution in [0.3, 0.4) is 0 Å². The quantitative estimate of drug-likeness (QED) is 0.764. The number of carboxylic acid groups (broad SMARTS) is 1. The number of rotatable bonds is 2. The third-order valence-corrected chi connectivity index (χ3v) is 5.50. The summed E-state index contributed by atoms with van der Waals surface area (Å²) in [6.07, 6.45) is 2.58. The van der Waals surface area contributed by atoms with Crippen molar-refractivity contribution in [2.45, 2.75) is 46.0 Å². The first-order valence-electron chi connectivity index (χ1n) is 7.38. The molecule has 116 valence electrons. The second-order valence-corrected chi connectivity index (χ2v) is 7.92. The molecule has 0 heterocycles. The molecule has 1 aliphatic rings. The highest BCUT2D eigenvalue weighted by Crippen LogP contribution is 2.47. The summed E-state index contributed by atoms with van der Waals surface area (Å²) >= 11 is 12.1. The van der Waals surface area contributed by atoms with Crippen LogP contribution >= 0.6 is 23.2 Å². The molecule has 1 aliphatic carbocycles. The van der Waals surface area contributed by atoms with Crippen LogP contribution in [-0.4, -0.2) is 11.1 Å². The molecular weight excluding hydrogens is 307 g/mol. The monoisotopic (exact) mass is 328 g/mol. The van der Waals surface area contributed by atoms with Crippen molar-refractivity contribution < 1.29 is 9.90 Å². The maximum Gasteiger partial charge on any atom is 0.307 e. The highest BCUT2D eigenvalue weighted by atomic mass is 35.5. The van der Waals surface area contributed by atoms with Crippen molar-refractivity contribution >= 4 is 29.2 Å². The first kappa shape index (κ1) is 16.6. The largest absolute Gasteiger partial charge is 0.481 e. The normalized spacial score (nSPS) is 26.6. The van der Waals surface area contributed by atoms with Gasteiger partial charge < -0.3 is 5.11 Å². The number of carbonyl (C=O) groups is 1. The first-order chi connectivity index (χ1) is 9.70. The van der Waals surface area contributed by atoms with Crippen molar-refractivity contribution in [3.63, 3.8) is 0 Å². The standard InChI is InChI=1S/C17H22Cl2O2/c1-17(2,3)11-5-6-12(16(20)21)13(9-11)10-4-7-14(18)15(19)8-10/h4,7-8,11-13H,5-6,9H2,1-3H3,(H,20,21). The molecule has 0 amide bonds. The van der Waals surface area contributed by atoms with Crippen LogP contribution in [0.25, 0.3) is 0 Å². The maximum absolute atomic E-state index is 11.6. The van der Waals surface area contributed by atoms with E-state index >= 15 is 0 Å². The number of hydrogen-bond acceptors (Lipinski definition) is 1. The predicted molar refractivity (Wildman–Crippen MR) is 87.1 cm³/mol. The number of hydrogen-bond donors (Lipinski definition) is 1. The molecule has 1 aromatic carbocycles. The molecule has 3 unspecified atom stereocenters. The van der Waals surface area contributed by atoms with E-state index in [-0.39, 0.29) is 17.3 Å². The van der Waals surface area contributed by atoms with E-state index in [1.54, 1.807) is 6.07 Å². The van der Waals surface area contributed by atoms with Crippen molar-refractivity contribution in [2.24, 2.45) is 17.3 Å². The average molecular weight is 329 g/mol. The number of halogens is 2. The summed E-state index contributed by atoms with van der Waals surface area (Å²) in [7, 11) is 0. The van der Waals surface area contributed by atoms with Crippen molar-refractivity contribution in [3.8, 4) is 0 Å². The van der Waals surface area contributed by atoms with Gasteiger partial charge in [0.15, 0.2) is 0 Å². The zero-order chi connectivity index (χ0) is 15.8. The summed E-state index contributed by atoms with van der Waals surface area (Å²) in [5.41, 5.74) is 1.18. The van der Waals surface area contributed by atoms with Crippen LogP contribution < -0.4 is 0 Å². The van der Waals surface area contributed by atoms with Crippen molar-refractivity contribution in [2.75, 3.05) is 0 Å². The Hall–Kier alpha value is -0.730. The molecule has 1 fully saturated rings. The van der Waals surface area contributed by atoms with E-state index in [2.05, 4.69) is 20.8 Å². The Bertz CT molecular complexity index is 534. The van der Waals surface area contributed by atoms with E-state index in [1.165, 1.54) is 0 Å². The van der Waals surface area contributed by atoms with E-state index in [0.717, 1.165) is 24.8 Å². The molecule has 2 nitrogen and oxygen atoms in total. The summed E-state index contributed by atoms with van der Waals surface area (Å²) in [6, 6.07) is 5.51. The fourth-order valence-electron chi connectivity index (χ4n) is 3.36. The molecule has 0 radical (unpaired) electrons. The number of aliphatic carboxylic acids is 1. The minimum absolute atomic E-state index is 0.00948. The second kappa shape index (κ2) is 6.18. The molecule has 1 aromatic rings. The average Bonchev–Trinajstić information content (AvgIpc) is 2.40. The SMILES string of the molecule is CC(C)(C)C1CCC(C(=O)O)C(c2ccc(Cl)c(Cl)c2)C1. The molecule has 0 aromatic heterocycles. The van der Waals surface area contributed by atoms with Crippen LogP contribution in [0.5, 0.6) is 0 Å². The van der Waals surface area contributed by atoms with E-state index in [4.69, 9.17) is 23.2 Å². The van der Waals surface area contributed by atoms with Crippen molar-refractivity contribution in [3.05, 3.63) is 33.8 Å². The van der Waals surface area contributed by atoms with Gasteiger partial charge in [0.2, 0.25) is 0 Å². The highest BCUT2D eigenvalue weighted by molar-refractivity contribution is 6.42. The Labute approximate surface area is 136 Å². The minimum atomic E-state index is -0.710. The van der Waals surface area contributed by atoms with Gasteiger partial charge in [-0.05, 0) is 54.2 Å². The molecule has 2 rings (SSSR count). The van der Waals surface area contributed by atoms with E-state index in [9.17, 15) is 9.90 Å². The van der Waals surface area contributed by atoms with Gasteiger partial charge in [-0.2, -0.15) is 0 Å². The molecule has 3 atom stereocenters. The minimum Gasteiger partial charge on any atom is -0.481 e. The Morgan fingerprint density at radius 1 is 1.19 bits per heavy atom. The second-order valence-electron chi connectivity index (χ2n) is 7.10. The number of benzene rings is 1. The third kappa shape index (κ3) is 3.73. The van der Waals surface area contributed by atoms with E-state index in [1.807, 2.05) is 12.1 Å². The van der Waals surface area contributed by atoms with Gasteiger partial charge in [-0.25, -0.2) is 0 Å². The van der Waals surface area contributed by atoms with Gasteiger partial charge in [-0.3, -0.25) is 4.79 Å². The predicted octanol–water partition coefficient (Wildman–Crippen LogP) is 5.62. The van der Waals surface area contributed by atoms with Gasteiger partial charge in [0.1, 0.15) is 0 Å². The molecular formula is C17H22Cl2O2. The Kier molecular flexibility index (Phi) is 4.89. The molecule has 21 heavy (non-hydrogen) atoms. The fraction of sp³-hybridized carbons (Fsp3) is 0.588. The Morgan fingerprint density at radius 2 is 1.86 bits per heavy atom. The lowest BCUT2D eigenvalue weighted by atomic mass is 9.64. The van der Waals surface area contributed by atoms with Crippen LogP contribution in [0.15, 0.2) is 18.2 Å². The van der Waals surface area contributed by atoms with Gasteiger partial charge in [0, 0.05) is 0 Å². The summed E-state index contributed by atoms with van der Waals surface area (Å²) in [6.45, 7) is 6.68. The van der Waals surface area contributed by atoms with Gasteiger partial charge in [0.05, 0.1) is 16.0 Å². The summed E-state index contributed by atoms with van der Waals surface area (Å²) in [5.74, 6) is -0.512. The zero-order valence-corrected chi connectivity index (χ0v) is 14.2. The molecule has 0 bridgehead atoms. The lowest BCUT2D eigenvalue weighted by Crippen LogP contribution is -2.34. The van der Waals surface area contributed by atoms with Gasteiger partial charge in [0.25, 0.3) is 0 Å². The van der Waals surface area contributed by atoms with Gasteiger partial charge >= 0.3 is 5.97 Å². The summed E-state index contributed by atoms with van der Waals surface area (Å²) in [4.78, 5) is 11.6. The van der Waals surface area contributed by atoms with Crippen molar-refractivity contribution in [1.82, 2.24) is 0 Å². The Balaban J connectivity index is 2.33. The zero-order valence-electron chi connectivity index (χ0n) is 12.7. The van der Waals surface area contributed by atoms with Gasteiger partial charge in [-0.15, -0.1) is 0 Å². The highest BCUT2D eigenvalue weighted by Gasteiger charge is 2.39. The Morgan fingerprint density at radius 3 is 2.38 bits per heavy atom. The summed E-state index contributed by atoms with van der Waals surface area (Å²) in [5, 5.41) is 10.5. The van der Waals surface area contributed by atoms with E-state index < -0.39 is 5.97 Å². The lowest BCUT2D eigenvalue weighted by molar-refractivity contribution is -0.144. The molecule has 0 aliphatic heterocycles. The first-order valence-corrected chi connectivity index (χ1v) is 8.13. The lowest BCUT2D eigenvalue weighted by Gasteiger charge is -2.40. The molecule has 0 spiro atoms. The van der Waals surface area contributed by atoms with Crippen LogP contribution in [0.2, 0.25) is 10.0 Å². The molecule has 1 N–H and O–H groups in total. The van der Waals surface area contributed by atoms with Crippen LogP contribution in [0.4, 0.5) is 0 Å². The van der Waals surface area contributed by atoms with Crippen LogP contribution in [-0.2, 0) is 4.79 Å². The molecule has 4 heteroatoms. The summed E-state index contributed by atoms with van der Waals surface area (Å²) < 4.78 is 0. The molecule has 1 saturated carbocycles.